The first-order chi connectivity index (χ1) is 9.87. The number of hydrogen-bond donors (Lipinski definition) is 3. The molecule has 1 heterocycles. The number of sulfonamides is 1. The van der Waals surface area contributed by atoms with Crippen LogP contribution in [0.25, 0.3) is 0 Å². The number of nitrogens with two attached hydrogens (primary N) is 1. The quantitative estimate of drug-likeness (QED) is 0.736. The molecule has 0 spiro atoms. The van der Waals surface area contributed by atoms with E-state index in [1.165, 1.54) is 0 Å². The molecule has 1 aromatic heterocycles. The molecular formula is C12H15N5O3S. The SMILES string of the molecule is CCc1nc(C(=O)Nc2ccc(CS(N)(=O)=O)cc2)n[nH]1. The van der Waals surface area contributed by atoms with Gasteiger partial charge in [0.15, 0.2) is 0 Å². The van der Waals surface area contributed by atoms with E-state index in [9.17, 15) is 13.2 Å². The van der Waals surface area contributed by atoms with E-state index in [1.807, 2.05) is 6.92 Å². The van der Waals surface area contributed by atoms with Gasteiger partial charge in [-0.05, 0) is 17.7 Å². The van der Waals surface area contributed by atoms with Gasteiger partial charge in [0, 0.05) is 12.1 Å². The molecule has 0 radical (unpaired) electrons. The van der Waals surface area contributed by atoms with Crippen molar-refractivity contribution in [2.75, 3.05) is 5.32 Å². The second-order valence-electron chi connectivity index (χ2n) is 4.42. The van der Waals surface area contributed by atoms with Crippen molar-refractivity contribution in [3.8, 4) is 0 Å². The van der Waals surface area contributed by atoms with Gasteiger partial charge in [-0.1, -0.05) is 19.1 Å². The van der Waals surface area contributed by atoms with Crippen LogP contribution >= 0.6 is 0 Å². The molecule has 0 aliphatic carbocycles. The van der Waals surface area contributed by atoms with Gasteiger partial charge < -0.3 is 5.32 Å². The van der Waals surface area contributed by atoms with Gasteiger partial charge in [0.05, 0.1) is 5.75 Å². The number of amides is 1. The molecule has 0 unspecified atom stereocenters. The summed E-state index contributed by atoms with van der Waals surface area (Å²) in [6.07, 6.45) is 0.655. The molecule has 1 amide bonds. The fourth-order valence-electron chi connectivity index (χ4n) is 1.66. The third kappa shape index (κ3) is 4.36. The molecule has 4 N–H and O–H groups in total. The fourth-order valence-corrected chi connectivity index (χ4v) is 2.32. The summed E-state index contributed by atoms with van der Waals surface area (Å²) in [6.45, 7) is 1.90. The van der Waals surface area contributed by atoms with Crippen LogP contribution in [0.15, 0.2) is 24.3 Å². The van der Waals surface area contributed by atoms with Gasteiger partial charge in [0.1, 0.15) is 5.82 Å². The topological polar surface area (TPSA) is 131 Å². The average molecular weight is 309 g/mol. The van der Waals surface area contributed by atoms with Crippen molar-refractivity contribution in [1.29, 1.82) is 0 Å². The number of carbonyl (C=O) groups is 1. The molecule has 2 rings (SSSR count). The molecule has 1 aromatic carbocycles. The number of aromatic nitrogens is 3. The molecule has 0 aliphatic rings. The zero-order valence-electron chi connectivity index (χ0n) is 11.3. The first-order valence-corrected chi connectivity index (χ1v) is 7.91. The normalized spacial score (nSPS) is 11.3. The Morgan fingerprint density at radius 2 is 2.00 bits per heavy atom. The minimum atomic E-state index is -3.57. The van der Waals surface area contributed by atoms with E-state index in [0.29, 0.717) is 23.5 Å². The molecule has 2 aromatic rings. The summed E-state index contributed by atoms with van der Waals surface area (Å²) in [7, 11) is -3.57. The lowest BCUT2D eigenvalue weighted by Gasteiger charge is -2.04. The number of carbonyl (C=O) groups excluding carboxylic acids is 1. The van der Waals surface area contributed by atoms with Crippen molar-refractivity contribution in [1.82, 2.24) is 15.2 Å². The van der Waals surface area contributed by atoms with Crippen molar-refractivity contribution in [2.45, 2.75) is 19.1 Å². The third-order valence-corrected chi connectivity index (χ3v) is 3.39. The summed E-state index contributed by atoms with van der Waals surface area (Å²) in [6, 6.07) is 6.34. The number of H-pyrrole nitrogens is 1. The first kappa shape index (κ1) is 15.1. The Kier molecular flexibility index (Phi) is 4.34. The van der Waals surface area contributed by atoms with E-state index in [0.717, 1.165) is 0 Å². The van der Waals surface area contributed by atoms with E-state index < -0.39 is 15.9 Å². The van der Waals surface area contributed by atoms with E-state index in [1.54, 1.807) is 24.3 Å². The second-order valence-corrected chi connectivity index (χ2v) is 6.03. The average Bonchev–Trinajstić information content (AvgIpc) is 2.88. The van der Waals surface area contributed by atoms with Crippen molar-refractivity contribution in [2.24, 2.45) is 5.14 Å². The van der Waals surface area contributed by atoms with Gasteiger partial charge in [-0.2, -0.15) is 0 Å². The summed E-state index contributed by atoms with van der Waals surface area (Å²) < 4.78 is 21.9. The number of nitrogens with zero attached hydrogens (tertiary/aromatic N) is 2. The monoisotopic (exact) mass is 309 g/mol. The highest BCUT2D eigenvalue weighted by Gasteiger charge is 2.12. The van der Waals surface area contributed by atoms with Crippen LogP contribution in [0.2, 0.25) is 0 Å². The number of nitrogens with one attached hydrogen (secondary N) is 2. The standard InChI is InChI=1S/C12H15N5O3S/c1-2-10-15-11(17-16-10)12(18)14-9-5-3-8(4-6-9)7-21(13,19)20/h3-6H,2,7H2,1H3,(H,14,18)(H2,13,19,20)(H,15,16,17). The number of benzene rings is 1. The first-order valence-electron chi connectivity index (χ1n) is 6.19. The highest BCUT2D eigenvalue weighted by molar-refractivity contribution is 7.88. The minimum Gasteiger partial charge on any atom is -0.319 e. The lowest BCUT2D eigenvalue weighted by molar-refractivity contribution is 0.101. The van der Waals surface area contributed by atoms with Crippen LogP contribution in [-0.4, -0.2) is 29.5 Å². The lowest BCUT2D eigenvalue weighted by Crippen LogP contribution is -2.15. The Labute approximate surface area is 121 Å². The Balaban J connectivity index is 2.04. The number of anilines is 1. The number of hydrogen-bond acceptors (Lipinski definition) is 5. The zero-order valence-corrected chi connectivity index (χ0v) is 12.1. The zero-order chi connectivity index (χ0) is 15.5. The smallest absolute Gasteiger partial charge is 0.295 e. The fraction of sp³-hybridized carbons (Fsp3) is 0.250. The summed E-state index contributed by atoms with van der Waals surface area (Å²) in [5.74, 6) is -0.00332. The van der Waals surface area contributed by atoms with Gasteiger partial charge >= 0.3 is 0 Å². The maximum absolute atomic E-state index is 11.9. The van der Waals surface area contributed by atoms with Crippen molar-refractivity contribution in [3.63, 3.8) is 0 Å². The lowest BCUT2D eigenvalue weighted by atomic mass is 10.2. The minimum absolute atomic E-state index is 0.0560. The number of primary sulfonamides is 1. The number of aryl methyl sites for hydroxylation is 1. The van der Waals surface area contributed by atoms with Crippen LogP contribution < -0.4 is 10.5 Å². The Hall–Kier alpha value is -2.26. The third-order valence-electron chi connectivity index (χ3n) is 2.65. The van der Waals surface area contributed by atoms with Crippen molar-refractivity contribution >= 4 is 21.6 Å². The van der Waals surface area contributed by atoms with Crippen LogP contribution in [0.3, 0.4) is 0 Å². The molecule has 0 saturated heterocycles. The molecular weight excluding hydrogens is 294 g/mol. The van der Waals surface area contributed by atoms with Crippen molar-refractivity contribution < 1.29 is 13.2 Å². The predicted molar refractivity (Wildman–Crippen MR) is 77.0 cm³/mol. The molecule has 0 atom stereocenters. The van der Waals surface area contributed by atoms with Gasteiger partial charge in [0.2, 0.25) is 15.8 Å². The van der Waals surface area contributed by atoms with Crippen LogP contribution in [0, 0.1) is 0 Å². The summed E-state index contributed by atoms with van der Waals surface area (Å²) in [5, 5.41) is 14.0. The Morgan fingerprint density at radius 3 is 2.52 bits per heavy atom. The van der Waals surface area contributed by atoms with Crippen LogP contribution in [0.5, 0.6) is 0 Å². The van der Waals surface area contributed by atoms with Crippen LogP contribution in [0.4, 0.5) is 5.69 Å². The maximum atomic E-state index is 11.9. The molecule has 0 aliphatic heterocycles. The van der Waals surface area contributed by atoms with Crippen molar-refractivity contribution in [3.05, 3.63) is 41.5 Å². The Bertz CT molecular complexity index is 737. The highest BCUT2D eigenvalue weighted by Crippen LogP contribution is 2.12. The van der Waals surface area contributed by atoms with Gasteiger partial charge in [-0.25, -0.2) is 18.5 Å². The number of aromatic amines is 1. The summed E-state index contributed by atoms with van der Waals surface area (Å²) >= 11 is 0. The summed E-state index contributed by atoms with van der Waals surface area (Å²) in [5.41, 5.74) is 1.06. The number of rotatable bonds is 5. The largest absolute Gasteiger partial charge is 0.319 e. The molecule has 112 valence electrons. The van der Waals surface area contributed by atoms with Crippen LogP contribution in [-0.2, 0) is 22.2 Å². The summed E-state index contributed by atoms with van der Waals surface area (Å²) in [4.78, 5) is 15.9. The molecule has 0 saturated carbocycles. The molecule has 0 bridgehead atoms. The predicted octanol–water partition coefficient (Wildman–Crippen LogP) is 0.408. The van der Waals surface area contributed by atoms with Crippen LogP contribution in [0.1, 0.15) is 28.9 Å². The van der Waals surface area contributed by atoms with Gasteiger partial charge in [-0.15, -0.1) is 5.10 Å². The van der Waals surface area contributed by atoms with E-state index >= 15 is 0 Å². The Morgan fingerprint density at radius 1 is 1.33 bits per heavy atom. The highest BCUT2D eigenvalue weighted by atomic mass is 32.2. The van der Waals surface area contributed by atoms with Gasteiger partial charge in [-0.3, -0.25) is 9.89 Å². The maximum Gasteiger partial charge on any atom is 0.295 e. The van der Waals surface area contributed by atoms with E-state index in [4.69, 9.17) is 5.14 Å². The molecule has 8 nitrogen and oxygen atoms in total. The van der Waals surface area contributed by atoms with Gasteiger partial charge in [0.25, 0.3) is 5.91 Å². The molecule has 21 heavy (non-hydrogen) atoms. The molecule has 9 heteroatoms. The van der Waals surface area contributed by atoms with E-state index in [2.05, 4.69) is 20.5 Å². The van der Waals surface area contributed by atoms with E-state index in [-0.39, 0.29) is 11.6 Å². The second kappa shape index (κ2) is 6.02. The molecule has 0 fully saturated rings.